The van der Waals surface area contributed by atoms with Crippen molar-refractivity contribution in [2.45, 2.75) is 50.2 Å². The standard InChI is InChI=1S/C19H21FN4O2S/c1-12-17(13(2)26-23-12)11-27-19-22-21-18(14-5-7-15(20)8-6-14)24(19)10-16-4-3-9-25-16/h5-8,16H,3-4,9-11H2,1-2H3. The molecule has 1 saturated heterocycles. The largest absolute Gasteiger partial charge is 0.376 e. The summed E-state index contributed by atoms with van der Waals surface area (Å²) in [6, 6.07) is 6.34. The molecule has 6 nitrogen and oxygen atoms in total. The van der Waals surface area contributed by atoms with Gasteiger partial charge in [-0.05, 0) is 51.0 Å². The predicted molar refractivity (Wildman–Crippen MR) is 99.9 cm³/mol. The molecule has 0 spiro atoms. The van der Waals surface area contributed by atoms with Crippen LogP contribution in [0.1, 0.15) is 29.9 Å². The van der Waals surface area contributed by atoms with Crippen LogP contribution < -0.4 is 0 Å². The minimum absolute atomic E-state index is 0.151. The highest BCUT2D eigenvalue weighted by molar-refractivity contribution is 7.98. The second kappa shape index (κ2) is 7.82. The number of aromatic nitrogens is 4. The third-order valence-electron chi connectivity index (χ3n) is 4.76. The van der Waals surface area contributed by atoms with Gasteiger partial charge in [0, 0.05) is 23.5 Å². The van der Waals surface area contributed by atoms with Crippen LogP contribution in [0.5, 0.6) is 0 Å². The molecule has 0 amide bonds. The van der Waals surface area contributed by atoms with Gasteiger partial charge < -0.3 is 9.26 Å². The van der Waals surface area contributed by atoms with E-state index in [-0.39, 0.29) is 11.9 Å². The van der Waals surface area contributed by atoms with Crippen LogP contribution in [-0.2, 0) is 17.0 Å². The van der Waals surface area contributed by atoms with Crippen molar-refractivity contribution in [3.8, 4) is 11.4 Å². The Balaban J connectivity index is 1.62. The Morgan fingerprint density at radius 3 is 2.70 bits per heavy atom. The zero-order valence-corrected chi connectivity index (χ0v) is 16.1. The van der Waals surface area contributed by atoms with Crippen LogP contribution in [0.25, 0.3) is 11.4 Å². The summed E-state index contributed by atoms with van der Waals surface area (Å²) in [4.78, 5) is 0. The topological polar surface area (TPSA) is 66.0 Å². The number of halogens is 1. The average molecular weight is 388 g/mol. The van der Waals surface area contributed by atoms with Crippen LogP contribution in [0.4, 0.5) is 4.39 Å². The molecule has 0 bridgehead atoms. The fourth-order valence-corrected chi connectivity index (χ4v) is 4.31. The second-order valence-electron chi connectivity index (χ2n) is 6.65. The first-order valence-corrected chi connectivity index (χ1v) is 9.95. The Morgan fingerprint density at radius 2 is 2.04 bits per heavy atom. The smallest absolute Gasteiger partial charge is 0.191 e. The van der Waals surface area contributed by atoms with Gasteiger partial charge in [-0.25, -0.2) is 4.39 Å². The molecule has 1 fully saturated rings. The van der Waals surface area contributed by atoms with Gasteiger partial charge in [0.2, 0.25) is 0 Å². The van der Waals surface area contributed by atoms with Crippen LogP contribution in [0.15, 0.2) is 33.9 Å². The van der Waals surface area contributed by atoms with Gasteiger partial charge in [-0.2, -0.15) is 0 Å². The Morgan fingerprint density at radius 1 is 1.22 bits per heavy atom. The summed E-state index contributed by atoms with van der Waals surface area (Å²) in [5, 5.41) is 13.6. The fourth-order valence-electron chi connectivity index (χ4n) is 3.21. The van der Waals surface area contributed by atoms with Crippen molar-refractivity contribution in [3.63, 3.8) is 0 Å². The zero-order chi connectivity index (χ0) is 18.8. The minimum atomic E-state index is -0.267. The number of benzene rings is 1. The van der Waals surface area contributed by atoms with Gasteiger partial charge in [-0.3, -0.25) is 4.57 Å². The third-order valence-corrected chi connectivity index (χ3v) is 5.75. The first-order chi connectivity index (χ1) is 13.1. The van der Waals surface area contributed by atoms with E-state index >= 15 is 0 Å². The van der Waals surface area contributed by atoms with Crippen LogP contribution in [0, 0.1) is 19.7 Å². The lowest BCUT2D eigenvalue weighted by molar-refractivity contribution is 0.0953. The molecule has 0 saturated carbocycles. The predicted octanol–water partition coefficient (Wildman–Crippen LogP) is 4.16. The van der Waals surface area contributed by atoms with E-state index in [1.54, 1.807) is 23.9 Å². The first-order valence-electron chi connectivity index (χ1n) is 8.97. The molecule has 4 rings (SSSR count). The van der Waals surface area contributed by atoms with E-state index in [9.17, 15) is 4.39 Å². The Kier molecular flexibility index (Phi) is 5.27. The van der Waals surface area contributed by atoms with Crippen LogP contribution in [0.2, 0.25) is 0 Å². The highest BCUT2D eigenvalue weighted by Crippen LogP contribution is 2.30. The lowest BCUT2D eigenvalue weighted by atomic mass is 10.2. The monoisotopic (exact) mass is 388 g/mol. The maximum Gasteiger partial charge on any atom is 0.191 e. The molecule has 0 N–H and O–H groups in total. The molecule has 1 atom stereocenters. The molecule has 8 heteroatoms. The van der Waals surface area contributed by atoms with Crippen LogP contribution in [0.3, 0.4) is 0 Å². The molecule has 3 aromatic rings. The third kappa shape index (κ3) is 3.91. The molecule has 2 aromatic heterocycles. The summed E-state index contributed by atoms with van der Waals surface area (Å²) in [5.41, 5.74) is 2.81. The Bertz CT molecular complexity index is 897. The van der Waals surface area contributed by atoms with E-state index in [1.165, 1.54) is 12.1 Å². The highest BCUT2D eigenvalue weighted by Gasteiger charge is 2.22. The molecule has 3 heterocycles. The quantitative estimate of drug-likeness (QED) is 0.591. The zero-order valence-electron chi connectivity index (χ0n) is 15.3. The van der Waals surface area contributed by atoms with Gasteiger partial charge in [0.25, 0.3) is 0 Å². The van der Waals surface area contributed by atoms with Crippen molar-refractivity contribution in [3.05, 3.63) is 47.1 Å². The summed E-state index contributed by atoms with van der Waals surface area (Å²) in [5.74, 6) is 1.99. The molecule has 27 heavy (non-hydrogen) atoms. The number of aryl methyl sites for hydroxylation is 2. The number of ether oxygens (including phenoxy) is 1. The lowest BCUT2D eigenvalue weighted by Gasteiger charge is -2.14. The average Bonchev–Trinajstić information content (AvgIpc) is 3.38. The molecule has 1 aliphatic rings. The summed E-state index contributed by atoms with van der Waals surface area (Å²) >= 11 is 1.59. The van der Waals surface area contributed by atoms with Crippen LogP contribution >= 0.6 is 11.8 Å². The van der Waals surface area contributed by atoms with Crippen molar-refractivity contribution in [2.24, 2.45) is 0 Å². The van der Waals surface area contributed by atoms with Gasteiger partial charge in [-0.15, -0.1) is 10.2 Å². The van der Waals surface area contributed by atoms with E-state index in [2.05, 4.69) is 19.9 Å². The Hall–Kier alpha value is -2.19. The van der Waals surface area contributed by atoms with Crippen molar-refractivity contribution < 1.29 is 13.7 Å². The number of hydrogen-bond donors (Lipinski definition) is 0. The summed E-state index contributed by atoms with van der Waals surface area (Å²) in [6.07, 6.45) is 2.24. The van der Waals surface area contributed by atoms with Crippen molar-refractivity contribution in [1.82, 2.24) is 19.9 Å². The molecule has 0 aliphatic carbocycles. The van der Waals surface area contributed by atoms with Gasteiger partial charge in [-0.1, -0.05) is 16.9 Å². The van der Waals surface area contributed by atoms with Gasteiger partial charge in [0.1, 0.15) is 11.6 Å². The van der Waals surface area contributed by atoms with E-state index in [0.717, 1.165) is 53.0 Å². The molecular weight excluding hydrogens is 367 g/mol. The summed E-state index contributed by atoms with van der Waals surface area (Å²) in [7, 11) is 0. The second-order valence-corrected chi connectivity index (χ2v) is 7.59. The maximum absolute atomic E-state index is 13.3. The van der Waals surface area contributed by atoms with Crippen molar-refractivity contribution in [2.75, 3.05) is 6.61 Å². The molecular formula is C19H21FN4O2S. The molecule has 0 radical (unpaired) electrons. The van der Waals surface area contributed by atoms with E-state index in [4.69, 9.17) is 9.26 Å². The highest BCUT2D eigenvalue weighted by atomic mass is 32.2. The van der Waals surface area contributed by atoms with Crippen LogP contribution in [-0.4, -0.2) is 32.6 Å². The first kappa shape index (κ1) is 18.2. The Labute approximate surface area is 161 Å². The lowest BCUT2D eigenvalue weighted by Crippen LogP contribution is -2.16. The number of thioether (sulfide) groups is 1. The normalized spacial score (nSPS) is 16.9. The van der Waals surface area contributed by atoms with Crippen molar-refractivity contribution in [1.29, 1.82) is 0 Å². The van der Waals surface area contributed by atoms with Crippen molar-refractivity contribution >= 4 is 11.8 Å². The number of rotatable bonds is 6. The molecule has 1 unspecified atom stereocenters. The fraction of sp³-hybridized carbons (Fsp3) is 0.421. The summed E-state index contributed by atoms with van der Waals surface area (Å²) in [6.45, 7) is 5.33. The van der Waals surface area contributed by atoms with Gasteiger partial charge >= 0.3 is 0 Å². The maximum atomic E-state index is 13.3. The van der Waals surface area contributed by atoms with E-state index in [0.29, 0.717) is 12.3 Å². The van der Waals surface area contributed by atoms with Gasteiger partial charge in [0.15, 0.2) is 11.0 Å². The van der Waals surface area contributed by atoms with Gasteiger partial charge in [0.05, 0.1) is 18.3 Å². The number of hydrogen-bond acceptors (Lipinski definition) is 6. The molecule has 1 aliphatic heterocycles. The molecule has 1 aromatic carbocycles. The number of nitrogens with zero attached hydrogens (tertiary/aromatic N) is 4. The SMILES string of the molecule is Cc1noc(C)c1CSc1nnc(-c2ccc(F)cc2)n1CC1CCCO1. The van der Waals surface area contributed by atoms with E-state index in [1.807, 2.05) is 13.8 Å². The minimum Gasteiger partial charge on any atom is -0.376 e. The summed E-state index contributed by atoms with van der Waals surface area (Å²) < 4.78 is 26.4. The van der Waals surface area contributed by atoms with E-state index < -0.39 is 0 Å². The molecule has 142 valence electrons.